The van der Waals surface area contributed by atoms with E-state index in [1.54, 1.807) is 0 Å². The molecule has 5 nitrogen and oxygen atoms in total. The van der Waals surface area contributed by atoms with E-state index in [4.69, 9.17) is 26.1 Å². The third-order valence-electron chi connectivity index (χ3n) is 5.43. The van der Waals surface area contributed by atoms with Gasteiger partial charge in [0, 0.05) is 35.1 Å². The van der Waals surface area contributed by atoms with Gasteiger partial charge in [0.2, 0.25) is 0 Å². The van der Waals surface area contributed by atoms with Crippen LogP contribution in [0.3, 0.4) is 0 Å². The fraction of sp³-hybridized carbons (Fsp3) is 0.391. The average Bonchev–Trinajstić information content (AvgIpc) is 3.48. The van der Waals surface area contributed by atoms with Crippen molar-refractivity contribution in [3.63, 3.8) is 0 Å². The van der Waals surface area contributed by atoms with E-state index in [2.05, 4.69) is 28.6 Å². The van der Waals surface area contributed by atoms with E-state index in [9.17, 15) is 0 Å². The monoisotopic (exact) mass is 409 g/mol. The second kappa shape index (κ2) is 7.47. The van der Waals surface area contributed by atoms with E-state index in [1.165, 1.54) is 5.69 Å². The highest BCUT2D eigenvalue weighted by Crippen LogP contribution is 2.37. The molecule has 1 aliphatic carbocycles. The van der Waals surface area contributed by atoms with Crippen molar-refractivity contribution in [2.24, 2.45) is 0 Å². The van der Waals surface area contributed by atoms with E-state index >= 15 is 0 Å². The highest BCUT2D eigenvalue weighted by atomic mass is 35.5. The Morgan fingerprint density at radius 2 is 2.03 bits per heavy atom. The molecule has 0 unspecified atom stereocenters. The summed E-state index contributed by atoms with van der Waals surface area (Å²) < 4.78 is 14.1. The molecule has 1 saturated carbocycles. The van der Waals surface area contributed by atoms with Gasteiger partial charge in [-0.05, 0) is 57.0 Å². The van der Waals surface area contributed by atoms with Crippen molar-refractivity contribution in [3.8, 4) is 28.4 Å². The topological polar surface area (TPSA) is 49.2 Å². The Morgan fingerprint density at radius 1 is 1.17 bits per heavy atom. The lowest BCUT2D eigenvalue weighted by Gasteiger charge is -2.14. The summed E-state index contributed by atoms with van der Waals surface area (Å²) in [7, 11) is 0. The second-order valence-corrected chi connectivity index (χ2v) is 8.33. The summed E-state index contributed by atoms with van der Waals surface area (Å²) in [4.78, 5) is 9.41. The predicted molar refractivity (Wildman–Crippen MR) is 113 cm³/mol. The van der Waals surface area contributed by atoms with Gasteiger partial charge >= 0.3 is 0 Å². The van der Waals surface area contributed by atoms with E-state index in [1.807, 2.05) is 31.3 Å². The van der Waals surface area contributed by atoms with Crippen LogP contribution in [0, 0.1) is 6.92 Å². The highest BCUT2D eigenvalue weighted by Gasteiger charge is 2.26. The number of fused-ring (bicyclic) bond motifs is 1. The number of pyridine rings is 1. The molecule has 5 rings (SSSR count). The molecule has 0 spiro atoms. The van der Waals surface area contributed by atoms with Gasteiger partial charge in [-0.25, -0.2) is 4.98 Å². The number of ether oxygens (including phenoxy) is 2. The molecular formula is C23H24ClN3O2. The van der Waals surface area contributed by atoms with Gasteiger partial charge in [0.25, 0.3) is 0 Å². The van der Waals surface area contributed by atoms with Gasteiger partial charge in [-0.3, -0.25) is 4.98 Å². The molecule has 29 heavy (non-hydrogen) atoms. The van der Waals surface area contributed by atoms with Gasteiger partial charge in [0.15, 0.2) is 0 Å². The highest BCUT2D eigenvalue weighted by molar-refractivity contribution is 6.32. The number of imidazole rings is 1. The van der Waals surface area contributed by atoms with E-state index < -0.39 is 0 Å². The molecule has 1 fully saturated rings. The van der Waals surface area contributed by atoms with Gasteiger partial charge in [-0.15, -0.1) is 0 Å². The lowest BCUT2D eigenvalue weighted by molar-refractivity contribution is 0.0666. The van der Waals surface area contributed by atoms with Gasteiger partial charge in [-0.1, -0.05) is 11.6 Å². The number of aromatic nitrogens is 3. The molecule has 0 amide bonds. The Bertz CT molecular complexity index is 1060. The van der Waals surface area contributed by atoms with Gasteiger partial charge in [-0.2, -0.15) is 0 Å². The maximum atomic E-state index is 6.54. The fourth-order valence-electron chi connectivity index (χ4n) is 3.85. The van der Waals surface area contributed by atoms with Gasteiger partial charge in [0.05, 0.1) is 36.1 Å². The zero-order valence-electron chi connectivity index (χ0n) is 16.7. The molecule has 150 valence electrons. The van der Waals surface area contributed by atoms with Crippen LogP contribution in [0.15, 0.2) is 36.5 Å². The van der Waals surface area contributed by atoms with Crippen LogP contribution in [-0.4, -0.2) is 33.3 Å². The van der Waals surface area contributed by atoms with Crippen molar-refractivity contribution < 1.29 is 9.47 Å². The first-order chi connectivity index (χ1) is 14.1. The number of hydrogen-bond donors (Lipinski definition) is 0. The third kappa shape index (κ3) is 3.77. The van der Waals surface area contributed by atoms with Crippen LogP contribution in [0.5, 0.6) is 5.75 Å². The molecule has 1 aliphatic heterocycles. The molecule has 1 aromatic carbocycles. The largest absolute Gasteiger partial charge is 0.489 e. The number of halogens is 1. The molecule has 6 heteroatoms. The summed E-state index contributed by atoms with van der Waals surface area (Å²) in [5.74, 6) is 1.67. The SMILES string of the molecule is Cc1cc(-c2nc(-c3ccc(OC4CC4)c(Cl)c3)n3c2CCO[C@H](C)C3)ccn1. The molecule has 0 bridgehead atoms. The molecule has 2 aromatic heterocycles. The summed E-state index contributed by atoms with van der Waals surface area (Å²) in [5.41, 5.74) is 5.25. The first-order valence-electron chi connectivity index (χ1n) is 10.2. The number of nitrogens with zero attached hydrogens (tertiary/aromatic N) is 3. The standard InChI is InChI=1S/C23H24ClN3O2/c1-14-11-16(7-9-25-14)22-20-8-10-28-15(2)13-27(20)23(26-22)17-3-6-21(19(24)12-17)29-18-4-5-18/h3,6-7,9,11-12,15,18H,4-5,8,10,13H2,1-2H3/t15-/m1/s1. The molecule has 0 N–H and O–H groups in total. The minimum absolute atomic E-state index is 0.129. The van der Waals surface area contributed by atoms with Crippen LogP contribution in [-0.2, 0) is 17.7 Å². The summed E-state index contributed by atoms with van der Waals surface area (Å²) in [5, 5.41) is 0.631. The van der Waals surface area contributed by atoms with Crippen molar-refractivity contribution >= 4 is 11.6 Å². The van der Waals surface area contributed by atoms with Crippen molar-refractivity contribution in [1.82, 2.24) is 14.5 Å². The van der Waals surface area contributed by atoms with Crippen molar-refractivity contribution in [1.29, 1.82) is 0 Å². The van der Waals surface area contributed by atoms with Gasteiger partial charge in [0.1, 0.15) is 11.6 Å². The summed E-state index contributed by atoms with van der Waals surface area (Å²) >= 11 is 6.54. The maximum absolute atomic E-state index is 6.54. The zero-order valence-corrected chi connectivity index (χ0v) is 17.4. The predicted octanol–water partition coefficient (Wildman–Crippen LogP) is 5.08. The zero-order chi connectivity index (χ0) is 20.0. The van der Waals surface area contributed by atoms with Crippen LogP contribution < -0.4 is 4.74 Å². The number of rotatable bonds is 4. The second-order valence-electron chi connectivity index (χ2n) is 7.92. The van der Waals surface area contributed by atoms with Crippen LogP contribution >= 0.6 is 11.6 Å². The maximum Gasteiger partial charge on any atom is 0.141 e. The average molecular weight is 410 g/mol. The lowest BCUT2D eigenvalue weighted by atomic mass is 10.1. The van der Waals surface area contributed by atoms with Crippen molar-refractivity contribution in [3.05, 3.63) is 52.9 Å². The van der Waals surface area contributed by atoms with E-state index in [0.29, 0.717) is 17.7 Å². The van der Waals surface area contributed by atoms with Crippen molar-refractivity contribution in [2.45, 2.75) is 51.9 Å². The Morgan fingerprint density at radius 3 is 2.79 bits per heavy atom. The molecule has 3 aromatic rings. The fourth-order valence-corrected chi connectivity index (χ4v) is 4.07. The Balaban J connectivity index is 1.61. The van der Waals surface area contributed by atoms with Crippen LogP contribution in [0.4, 0.5) is 0 Å². The van der Waals surface area contributed by atoms with Crippen LogP contribution in [0.2, 0.25) is 5.02 Å². The summed E-state index contributed by atoms with van der Waals surface area (Å²) in [6.45, 7) is 5.56. The van der Waals surface area contributed by atoms with Crippen LogP contribution in [0.1, 0.15) is 31.2 Å². The molecule has 0 saturated heterocycles. The first-order valence-corrected chi connectivity index (χ1v) is 10.6. The first kappa shape index (κ1) is 18.6. The van der Waals surface area contributed by atoms with E-state index in [-0.39, 0.29) is 6.10 Å². The molecule has 1 atom stereocenters. The number of hydrogen-bond acceptors (Lipinski definition) is 4. The number of aryl methyl sites for hydroxylation is 1. The quantitative estimate of drug-likeness (QED) is 0.603. The Hall–Kier alpha value is -2.37. The number of benzene rings is 1. The van der Waals surface area contributed by atoms with Gasteiger partial charge < -0.3 is 14.0 Å². The third-order valence-corrected chi connectivity index (χ3v) is 5.73. The molecule has 2 aliphatic rings. The van der Waals surface area contributed by atoms with Crippen LogP contribution in [0.25, 0.3) is 22.6 Å². The normalized spacial score (nSPS) is 18.9. The summed E-state index contributed by atoms with van der Waals surface area (Å²) in [6, 6.07) is 10.1. The molecular weight excluding hydrogens is 386 g/mol. The molecule has 0 radical (unpaired) electrons. The minimum atomic E-state index is 0.129. The minimum Gasteiger partial charge on any atom is -0.489 e. The summed E-state index contributed by atoms with van der Waals surface area (Å²) in [6.07, 6.45) is 5.33. The molecule has 3 heterocycles. The van der Waals surface area contributed by atoms with Crippen molar-refractivity contribution in [2.75, 3.05) is 6.61 Å². The smallest absolute Gasteiger partial charge is 0.141 e. The van der Waals surface area contributed by atoms with E-state index in [0.717, 1.165) is 59.9 Å². The lowest BCUT2D eigenvalue weighted by Crippen LogP contribution is -2.15. The Kier molecular flexibility index (Phi) is 4.80. The Labute approximate surface area is 175 Å².